The molecule has 0 unspecified atom stereocenters. The van der Waals surface area contributed by atoms with Crippen molar-refractivity contribution in [3.63, 3.8) is 0 Å². The number of para-hydroxylation sites is 2. The van der Waals surface area contributed by atoms with Gasteiger partial charge in [0, 0.05) is 6.07 Å². The van der Waals surface area contributed by atoms with Gasteiger partial charge in [0.05, 0.1) is 37.7 Å². The van der Waals surface area contributed by atoms with Gasteiger partial charge in [0.2, 0.25) is 5.91 Å². The van der Waals surface area contributed by atoms with Crippen molar-refractivity contribution in [2.45, 2.75) is 0 Å². The van der Waals surface area contributed by atoms with Crippen molar-refractivity contribution in [1.82, 2.24) is 0 Å². The second kappa shape index (κ2) is 8.09. The fourth-order valence-corrected chi connectivity index (χ4v) is 2.07. The molecule has 0 heterocycles. The summed E-state index contributed by atoms with van der Waals surface area (Å²) in [7, 11) is 2.55. The van der Waals surface area contributed by atoms with E-state index in [0.717, 1.165) is 13.2 Å². The largest absolute Gasteiger partial charge is 0.495 e. The van der Waals surface area contributed by atoms with Gasteiger partial charge < -0.3 is 20.1 Å². The zero-order chi connectivity index (χ0) is 18.4. The third-order valence-corrected chi connectivity index (χ3v) is 3.28. The van der Waals surface area contributed by atoms with Gasteiger partial charge in [-0.05, 0) is 18.2 Å². The maximum absolute atomic E-state index is 13.8. The van der Waals surface area contributed by atoms with Crippen molar-refractivity contribution in [2.24, 2.45) is 0 Å². The molecule has 1 amide bonds. The van der Waals surface area contributed by atoms with E-state index < -0.39 is 29.1 Å². The number of hydrogen-bond acceptors (Lipinski definition) is 5. The van der Waals surface area contributed by atoms with Gasteiger partial charge in [-0.2, -0.15) is 0 Å². The van der Waals surface area contributed by atoms with Crippen LogP contribution in [0.25, 0.3) is 0 Å². The molecule has 2 aromatic rings. The van der Waals surface area contributed by atoms with Crippen molar-refractivity contribution in [1.29, 1.82) is 0 Å². The zero-order valence-corrected chi connectivity index (χ0v) is 13.6. The highest BCUT2D eigenvalue weighted by molar-refractivity contribution is 5.95. The van der Waals surface area contributed by atoms with Crippen LogP contribution in [-0.4, -0.2) is 32.6 Å². The Morgan fingerprint density at radius 3 is 2.44 bits per heavy atom. The topological polar surface area (TPSA) is 76.7 Å². The predicted octanol–water partition coefficient (Wildman–Crippen LogP) is 2.81. The van der Waals surface area contributed by atoms with Crippen LogP contribution in [0.5, 0.6) is 5.75 Å². The smallest absolute Gasteiger partial charge is 0.340 e. The molecule has 0 atom stereocenters. The van der Waals surface area contributed by atoms with Crippen LogP contribution in [0.4, 0.5) is 20.2 Å². The summed E-state index contributed by atoms with van der Waals surface area (Å²) in [6, 6.07) is 8.28. The van der Waals surface area contributed by atoms with Gasteiger partial charge in [-0.15, -0.1) is 0 Å². The summed E-state index contributed by atoms with van der Waals surface area (Å²) in [6.45, 7) is -0.304. The third kappa shape index (κ3) is 4.43. The summed E-state index contributed by atoms with van der Waals surface area (Å²) in [5.74, 6) is -2.94. The Morgan fingerprint density at radius 2 is 1.76 bits per heavy atom. The molecular weight excluding hydrogens is 334 g/mol. The van der Waals surface area contributed by atoms with Gasteiger partial charge in [0.1, 0.15) is 17.4 Å². The zero-order valence-electron chi connectivity index (χ0n) is 13.6. The molecule has 25 heavy (non-hydrogen) atoms. The van der Waals surface area contributed by atoms with Gasteiger partial charge in [0.25, 0.3) is 0 Å². The lowest BCUT2D eigenvalue weighted by Crippen LogP contribution is -2.22. The molecule has 0 fully saturated rings. The molecule has 0 aliphatic carbocycles. The van der Waals surface area contributed by atoms with Crippen LogP contribution in [0.15, 0.2) is 36.4 Å². The first-order chi connectivity index (χ1) is 12.0. The Labute approximate surface area is 142 Å². The second-order valence-electron chi connectivity index (χ2n) is 4.91. The van der Waals surface area contributed by atoms with Gasteiger partial charge in [0.15, 0.2) is 0 Å². The first-order valence-corrected chi connectivity index (χ1v) is 7.20. The molecule has 0 saturated carbocycles. The van der Waals surface area contributed by atoms with Crippen molar-refractivity contribution in [2.75, 3.05) is 31.4 Å². The lowest BCUT2D eigenvalue weighted by atomic mass is 10.1. The minimum atomic E-state index is -1.05. The van der Waals surface area contributed by atoms with E-state index in [0.29, 0.717) is 17.5 Å². The number of benzene rings is 2. The van der Waals surface area contributed by atoms with Gasteiger partial charge in [-0.3, -0.25) is 4.79 Å². The fraction of sp³-hybridized carbons (Fsp3) is 0.176. The van der Waals surface area contributed by atoms with Gasteiger partial charge >= 0.3 is 5.97 Å². The van der Waals surface area contributed by atoms with E-state index in [1.54, 1.807) is 24.3 Å². The quantitative estimate of drug-likeness (QED) is 0.784. The number of ether oxygens (including phenoxy) is 2. The first-order valence-electron chi connectivity index (χ1n) is 7.20. The summed E-state index contributed by atoms with van der Waals surface area (Å²) < 4.78 is 36.9. The maximum atomic E-state index is 13.8. The van der Waals surface area contributed by atoms with Crippen LogP contribution >= 0.6 is 0 Å². The number of carbonyl (C=O) groups is 2. The van der Waals surface area contributed by atoms with Crippen LogP contribution in [0.2, 0.25) is 0 Å². The second-order valence-corrected chi connectivity index (χ2v) is 4.91. The average molecular weight is 350 g/mol. The maximum Gasteiger partial charge on any atom is 0.340 e. The Balaban J connectivity index is 2.08. The van der Waals surface area contributed by atoms with E-state index in [1.165, 1.54) is 7.11 Å². The lowest BCUT2D eigenvalue weighted by Gasteiger charge is -2.12. The Kier molecular flexibility index (Phi) is 5.89. The summed E-state index contributed by atoms with van der Waals surface area (Å²) in [6.07, 6.45) is 0. The molecule has 132 valence electrons. The molecule has 0 aliphatic heterocycles. The van der Waals surface area contributed by atoms with E-state index in [9.17, 15) is 18.4 Å². The van der Waals surface area contributed by atoms with Crippen molar-refractivity contribution < 1.29 is 27.8 Å². The Bertz CT molecular complexity index is 796. The molecule has 2 N–H and O–H groups in total. The standard InChI is InChI=1S/C17H16F2N2O4/c1-24-15-6-4-3-5-13(15)21-16(22)9-20-14-7-10(17(23)25-2)11(18)8-12(14)19/h3-8,20H,9H2,1-2H3,(H,21,22). The van der Waals surface area contributed by atoms with E-state index in [1.807, 2.05) is 0 Å². The molecular formula is C17H16F2N2O4. The molecule has 2 aromatic carbocycles. The molecule has 6 nitrogen and oxygen atoms in total. The summed E-state index contributed by atoms with van der Waals surface area (Å²) in [4.78, 5) is 23.4. The summed E-state index contributed by atoms with van der Waals surface area (Å²) >= 11 is 0. The van der Waals surface area contributed by atoms with Gasteiger partial charge in [-0.1, -0.05) is 12.1 Å². The van der Waals surface area contributed by atoms with Crippen molar-refractivity contribution in [3.8, 4) is 5.75 Å². The number of esters is 1. The Morgan fingerprint density at radius 1 is 1.04 bits per heavy atom. The van der Waals surface area contributed by atoms with E-state index in [4.69, 9.17) is 4.74 Å². The predicted molar refractivity (Wildman–Crippen MR) is 87.8 cm³/mol. The Hall–Kier alpha value is -3.16. The first kappa shape index (κ1) is 18.2. The number of rotatable bonds is 6. The van der Waals surface area contributed by atoms with E-state index in [2.05, 4.69) is 15.4 Å². The number of halogens is 2. The average Bonchev–Trinajstić information content (AvgIpc) is 2.60. The molecule has 0 radical (unpaired) electrons. The molecule has 0 bridgehead atoms. The lowest BCUT2D eigenvalue weighted by molar-refractivity contribution is -0.114. The number of methoxy groups -OCH3 is 2. The number of nitrogens with one attached hydrogen (secondary N) is 2. The van der Waals surface area contributed by atoms with Crippen LogP contribution < -0.4 is 15.4 Å². The minimum absolute atomic E-state index is 0.197. The highest BCUT2D eigenvalue weighted by Gasteiger charge is 2.17. The number of anilines is 2. The van der Waals surface area contributed by atoms with E-state index in [-0.39, 0.29) is 12.2 Å². The molecule has 0 saturated heterocycles. The number of carbonyl (C=O) groups excluding carboxylic acids is 2. The third-order valence-electron chi connectivity index (χ3n) is 3.28. The minimum Gasteiger partial charge on any atom is -0.495 e. The highest BCUT2D eigenvalue weighted by Crippen LogP contribution is 2.23. The monoisotopic (exact) mass is 350 g/mol. The van der Waals surface area contributed by atoms with Crippen molar-refractivity contribution >= 4 is 23.3 Å². The van der Waals surface area contributed by atoms with E-state index >= 15 is 0 Å². The van der Waals surface area contributed by atoms with Crippen LogP contribution in [0, 0.1) is 11.6 Å². The number of hydrogen-bond donors (Lipinski definition) is 2. The van der Waals surface area contributed by atoms with Gasteiger partial charge in [-0.25, -0.2) is 13.6 Å². The SMILES string of the molecule is COC(=O)c1cc(NCC(=O)Nc2ccccc2OC)c(F)cc1F. The molecule has 2 rings (SSSR count). The fourth-order valence-electron chi connectivity index (χ4n) is 2.07. The van der Waals surface area contributed by atoms with Crippen molar-refractivity contribution in [3.05, 3.63) is 53.6 Å². The highest BCUT2D eigenvalue weighted by atomic mass is 19.1. The summed E-state index contributed by atoms with van der Waals surface area (Å²) in [5.41, 5.74) is -0.180. The van der Waals surface area contributed by atoms with Crippen LogP contribution in [-0.2, 0) is 9.53 Å². The normalized spacial score (nSPS) is 10.1. The summed E-state index contributed by atoms with van der Waals surface area (Å²) in [5, 5.41) is 5.11. The van der Waals surface area contributed by atoms with Crippen LogP contribution in [0.3, 0.4) is 0 Å². The van der Waals surface area contributed by atoms with Crippen LogP contribution in [0.1, 0.15) is 10.4 Å². The molecule has 0 aliphatic rings. The number of amides is 1. The molecule has 8 heteroatoms. The molecule has 0 aromatic heterocycles. The molecule has 0 spiro atoms.